The van der Waals surface area contributed by atoms with Gasteiger partial charge in [-0.2, -0.15) is 0 Å². The summed E-state index contributed by atoms with van der Waals surface area (Å²) in [5.41, 5.74) is 5.80. The maximum absolute atomic E-state index is 5.80. The van der Waals surface area contributed by atoms with E-state index in [9.17, 15) is 0 Å². The van der Waals surface area contributed by atoms with Gasteiger partial charge in [-0.15, -0.1) is 0 Å². The lowest BCUT2D eigenvalue weighted by atomic mass is 9.86. The van der Waals surface area contributed by atoms with Crippen molar-refractivity contribution in [3.8, 4) is 0 Å². The average molecular weight is 155 g/mol. The van der Waals surface area contributed by atoms with Crippen LogP contribution in [0.25, 0.3) is 0 Å². The Morgan fingerprint density at radius 2 is 1.82 bits per heavy atom. The van der Waals surface area contributed by atoms with Crippen LogP contribution in [0.2, 0.25) is 0 Å². The molecule has 1 aliphatic rings. The summed E-state index contributed by atoms with van der Waals surface area (Å²) in [6.45, 7) is 6.77. The standard InChI is InChI=1S/C10H21N/c1-7(2)10(6-8(3)11)9-4-5-9/h7-10H,4-6,11H2,1-3H3. The summed E-state index contributed by atoms with van der Waals surface area (Å²) in [6.07, 6.45) is 4.13. The van der Waals surface area contributed by atoms with Gasteiger partial charge in [-0.3, -0.25) is 0 Å². The third-order valence-electron chi connectivity index (χ3n) is 2.73. The van der Waals surface area contributed by atoms with E-state index < -0.39 is 0 Å². The summed E-state index contributed by atoms with van der Waals surface area (Å²) in [6, 6.07) is 0.392. The molecule has 1 aliphatic carbocycles. The third-order valence-corrected chi connectivity index (χ3v) is 2.73. The molecule has 66 valence electrons. The lowest BCUT2D eigenvalue weighted by Crippen LogP contribution is -2.23. The molecule has 1 heteroatoms. The van der Waals surface area contributed by atoms with E-state index in [2.05, 4.69) is 20.8 Å². The first kappa shape index (κ1) is 9.05. The number of hydrogen-bond acceptors (Lipinski definition) is 1. The number of nitrogens with two attached hydrogens (primary N) is 1. The monoisotopic (exact) mass is 155 g/mol. The van der Waals surface area contributed by atoms with Gasteiger partial charge in [0.2, 0.25) is 0 Å². The molecule has 0 bridgehead atoms. The summed E-state index contributed by atoms with van der Waals surface area (Å²) < 4.78 is 0. The van der Waals surface area contributed by atoms with Crippen LogP contribution in [0.15, 0.2) is 0 Å². The maximum Gasteiger partial charge on any atom is 0.00133 e. The van der Waals surface area contributed by atoms with Gasteiger partial charge in [0.1, 0.15) is 0 Å². The quantitative estimate of drug-likeness (QED) is 0.663. The fourth-order valence-corrected chi connectivity index (χ4v) is 1.96. The highest BCUT2D eigenvalue weighted by Gasteiger charge is 2.33. The molecule has 0 aliphatic heterocycles. The normalized spacial score (nSPS) is 23.7. The first-order chi connectivity index (χ1) is 5.11. The van der Waals surface area contributed by atoms with Crippen LogP contribution < -0.4 is 5.73 Å². The van der Waals surface area contributed by atoms with Crippen molar-refractivity contribution in [2.24, 2.45) is 23.5 Å². The first-order valence-corrected chi connectivity index (χ1v) is 4.87. The van der Waals surface area contributed by atoms with Gasteiger partial charge >= 0.3 is 0 Å². The predicted octanol–water partition coefficient (Wildman–Crippen LogP) is 2.41. The molecule has 0 aromatic carbocycles. The van der Waals surface area contributed by atoms with Crippen LogP contribution >= 0.6 is 0 Å². The van der Waals surface area contributed by atoms with E-state index in [0.29, 0.717) is 6.04 Å². The largest absolute Gasteiger partial charge is 0.328 e. The molecule has 0 heterocycles. The molecule has 0 aromatic rings. The van der Waals surface area contributed by atoms with Crippen molar-refractivity contribution in [1.82, 2.24) is 0 Å². The highest BCUT2D eigenvalue weighted by Crippen LogP contribution is 2.42. The van der Waals surface area contributed by atoms with Gasteiger partial charge < -0.3 is 5.73 Å². The molecule has 2 unspecified atom stereocenters. The first-order valence-electron chi connectivity index (χ1n) is 4.87. The molecule has 1 saturated carbocycles. The summed E-state index contributed by atoms with van der Waals surface area (Å²) in [7, 11) is 0. The molecule has 1 rings (SSSR count). The molecule has 0 aromatic heterocycles. The minimum absolute atomic E-state index is 0.392. The van der Waals surface area contributed by atoms with Gasteiger partial charge in [0.15, 0.2) is 0 Å². The molecule has 0 spiro atoms. The maximum atomic E-state index is 5.80. The van der Waals surface area contributed by atoms with Gasteiger partial charge in [0.25, 0.3) is 0 Å². The Morgan fingerprint density at radius 3 is 2.09 bits per heavy atom. The van der Waals surface area contributed by atoms with Crippen molar-refractivity contribution in [2.75, 3.05) is 0 Å². The van der Waals surface area contributed by atoms with E-state index in [-0.39, 0.29) is 0 Å². The van der Waals surface area contributed by atoms with Gasteiger partial charge in [-0.05, 0) is 43.9 Å². The second kappa shape index (κ2) is 3.57. The van der Waals surface area contributed by atoms with E-state index in [4.69, 9.17) is 5.73 Å². The Labute approximate surface area is 70.4 Å². The van der Waals surface area contributed by atoms with Crippen molar-refractivity contribution in [3.63, 3.8) is 0 Å². The topological polar surface area (TPSA) is 26.0 Å². The molecular weight excluding hydrogens is 134 g/mol. The fourth-order valence-electron chi connectivity index (χ4n) is 1.96. The zero-order valence-corrected chi connectivity index (χ0v) is 8.01. The van der Waals surface area contributed by atoms with E-state index in [0.717, 1.165) is 17.8 Å². The van der Waals surface area contributed by atoms with Crippen molar-refractivity contribution < 1.29 is 0 Å². The minimum Gasteiger partial charge on any atom is -0.328 e. The van der Waals surface area contributed by atoms with Crippen LogP contribution in [-0.2, 0) is 0 Å². The molecule has 11 heavy (non-hydrogen) atoms. The van der Waals surface area contributed by atoms with Crippen LogP contribution in [0.5, 0.6) is 0 Å². The van der Waals surface area contributed by atoms with Crippen molar-refractivity contribution in [1.29, 1.82) is 0 Å². The zero-order chi connectivity index (χ0) is 8.43. The lowest BCUT2D eigenvalue weighted by molar-refractivity contribution is 0.300. The highest BCUT2D eigenvalue weighted by atomic mass is 14.6. The Hall–Kier alpha value is -0.0400. The summed E-state index contributed by atoms with van der Waals surface area (Å²) in [5.74, 6) is 2.74. The molecule has 2 N–H and O–H groups in total. The highest BCUT2D eigenvalue weighted by molar-refractivity contribution is 4.84. The molecule has 0 radical (unpaired) electrons. The predicted molar refractivity (Wildman–Crippen MR) is 49.3 cm³/mol. The molecule has 1 fully saturated rings. The van der Waals surface area contributed by atoms with Crippen molar-refractivity contribution in [2.45, 2.75) is 46.1 Å². The number of hydrogen-bond donors (Lipinski definition) is 1. The van der Waals surface area contributed by atoms with E-state index in [1.807, 2.05) is 0 Å². The van der Waals surface area contributed by atoms with Crippen LogP contribution in [0.3, 0.4) is 0 Å². The van der Waals surface area contributed by atoms with Crippen molar-refractivity contribution >= 4 is 0 Å². The zero-order valence-electron chi connectivity index (χ0n) is 8.01. The third kappa shape index (κ3) is 2.82. The average Bonchev–Trinajstić information content (AvgIpc) is 2.63. The molecule has 0 amide bonds. The summed E-state index contributed by atoms with van der Waals surface area (Å²) in [5, 5.41) is 0. The minimum atomic E-state index is 0.392. The van der Waals surface area contributed by atoms with Gasteiger partial charge in [0, 0.05) is 6.04 Å². The van der Waals surface area contributed by atoms with E-state index in [1.54, 1.807) is 0 Å². The smallest absolute Gasteiger partial charge is 0.00133 e. The Morgan fingerprint density at radius 1 is 1.27 bits per heavy atom. The van der Waals surface area contributed by atoms with E-state index in [1.165, 1.54) is 19.3 Å². The van der Waals surface area contributed by atoms with Crippen LogP contribution in [0.1, 0.15) is 40.0 Å². The second-order valence-electron chi connectivity index (χ2n) is 4.46. The molecule has 0 saturated heterocycles. The Kier molecular flexibility index (Phi) is 2.94. The summed E-state index contributed by atoms with van der Waals surface area (Å²) >= 11 is 0. The molecule has 1 nitrogen and oxygen atoms in total. The van der Waals surface area contributed by atoms with Crippen LogP contribution in [-0.4, -0.2) is 6.04 Å². The number of rotatable bonds is 4. The fraction of sp³-hybridized carbons (Fsp3) is 1.00. The van der Waals surface area contributed by atoms with Gasteiger partial charge in [0.05, 0.1) is 0 Å². The second-order valence-corrected chi connectivity index (χ2v) is 4.46. The van der Waals surface area contributed by atoms with Crippen molar-refractivity contribution in [3.05, 3.63) is 0 Å². The Bertz CT molecular complexity index is 112. The van der Waals surface area contributed by atoms with Crippen LogP contribution in [0.4, 0.5) is 0 Å². The van der Waals surface area contributed by atoms with Gasteiger partial charge in [-0.1, -0.05) is 13.8 Å². The SMILES string of the molecule is CC(N)CC(C(C)C)C1CC1. The molecular formula is C10H21N. The van der Waals surface area contributed by atoms with Crippen LogP contribution in [0, 0.1) is 17.8 Å². The lowest BCUT2D eigenvalue weighted by Gasteiger charge is -2.22. The molecule has 2 atom stereocenters. The van der Waals surface area contributed by atoms with E-state index >= 15 is 0 Å². The summed E-state index contributed by atoms with van der Waals surface area (Å²) in [4.78, 5) is 0. The van der Waals surface area contributed by atoms with Gasteiger partial charge in [-0.25, -0.2) is 0 Å². The Balaban J connectivity index is 2.32.